The van der Waals surface area contributed by atoms with Crippen LogP contribution in [-0.4, -0.2) is 5.91 Å². The number of hydrogen-bond donors (Lipinski definition) is 1. The molecule has 0 aromatic heterocycles. The summed E-state index contributed by atoms with van der Waals surface area (Å²) < 4.78 is 5.75. The van der Waals surface area contributed by atoms with Gasteiger partial charge in [0.15, 0.2) is 0 Å². The first-order chi connectivity index (χ1) is 11.8. The molecule has 0 radical (unpaired) electrons. The van der Waals surface area contributed by atoms with E-state index in [1.807, 2.05) is 84.9 Å². The summed E-state index contributed by atoms with van der Waals surface area (Å²) in [5.41, 5.74) is 2.89. The van der Waals surface area contributed by atoms with Crippen LogP contribution in [0.5, 0.6) is 5.75 Å². The maximum absolute atomic E-state index is 12.0. The Kier molecular flexibility index (Phi) is 5.25. The van der Waals surface area contributed by atoms with Gasteiger partial charge >= 0.3 is 0 Å². The molecule has 0 aliphatic heterocycles. The lowest BCUT2D eigenvalue weighted by Gasteiger charge is -2.08. The van der Waals surface area contributed by atoms with Gasteiger partial charge in [-0.1, -0.05) is 60.7 Å². The Labute approximate surface area is 141 Å². The van der Waals surface area contributed by atoms with Crippen LogP contribution in [0.2, 0.25) is 0 Å². The van der Waals surface area contributed by atoms with Crippen molar-refractivity contribution in [3.8, 4) is 5.75 Å². The second kappa shape index (κ2) is 7.97. The molecule has 3 heteroatoms. The van der Waals surface area contributed by atoms with Crippen LogP contribution in [0, 0.1) is 0 Å². The number of anilines is 1. The maximum Gasteiger partial charge on any atom is 0.228 e. The minimum absolute atomic E-state index is 0.0286. The Bertz CT molecular complexity index is 768. The highest BCUT2D eigenvalue weighted by atomic mass is 16.5. The number of carbonyl (C=O) groups excluding carboxylic acids is 1. The zero-order chi connectivity index (χ0) is 16.6. The second-order valence-electron chi connectivity index (χ2n) is 5.51. The molecule has 3 aromatic rings. The zero-order valence-corrected chi connectivity index (χ0v) is 13.3. The summed E-state index contributed by atoms with van der Waals surface area (Å²) in [6.07, 6.45) is 0.341. The summed E-state index contributed by atoms with van der Waals surface area (Å²) in [6.45, 7) is 0.536. The lowest BCUT2D eigenvalue weighted by Crippen LogP contribution is -2.14. The fourth-order valence-corrected chi connectivity index (χ4v) is 2.36. The maximum atomic E-state index is 12.0. The standard InChI is InChI=1S/C21H19NO2/c23-21(22-19-9-5-2-6-10-19)15-17-11-13-20(14-12-17)24-16-18-7-3-1-4-8-18/h1-14H,15-16H2,(H,22,23). The van der Waals surface area contributed by atoms with Crippen LogP contribution in [0.15, 0.2) is 84.9 Å². The molecule has 0 heterocycles. The number of ether oxygens (including phenoxy) is 1. The zero-order valence-electron chi connectivity index (χ0n) is 13.3. The van der Waals surface area contributed by atoms with Crippen molar-refractivity contribution in [2.45, 2.75) is 13.0 Å². The Morgan fingerprint density at radius 3 is 2.04 bits per heavy atom. The summed E-state index contributed by atoms with van der Waals surface area (Å²) in [4.78, 5) is 12.0. The molecule has 0 atom stereocenters. The van der Waals surface area contributed by atoms with Crippen LogP contribution < -0.4 is 10.1 Å². The number of amides is 1. The first kappa shape index (κ1) is 15.8. The fraction of sp³-hybridized carbons (Fsp3) is 0.0952. The molecule has 3 rings (SSSR count). The van der Waals surface area contributed by atoms with Gasteiger partial charge in [0.05, 0.1) is 6.42 Å². The van der Waals surface area contributed by atoms with Crippen molar-refractivity contribution in [3.05, 3.63) is 96.1 Å². The molecule has 120 valence electrons. The van der Waals surface area contributed by atoms with E-state index < -0.39 is 0 Å². The Hall–Kier alpha value is -3.07. The molecule has 3 aromatic carbocycles. The van der Waals surface area contributed by atoms with Crippen molar-refractivity contribution in [3.63, 3.8) is 0 Å². The third-order valence-electron chi connectivity index (χ3n) is 3.59. The van der Waals surface area contributed by atoms with Gasteiger partial charge in [0.2, 0.25) is 5.91 Å². The number of carbonyl (C=O) groups is 1. The summed E-state index contributed by atoms with van der Waals surface area (Å²) in [6, 6.07) is 27.1. The number of rotatable bonds is 6. The summed E-state index contributed by atoms with van der Waals surface area (Å²) in [7, 11) is 0. The van der Waals surface area contributed by atoms with E-state index in [0.29, 0.717) is 13.0 Å². The van der Waals surface area contributed by atoms with Crippen LogP contribution >= 0.6 is 0 Å². The minimum atomic E-state index is -0.0286. The smallest absolute Gasteiger partial charge is 0.228 e. The van der Waals surface area contributed by atoms with Crippen molar-refractivity contribution in [2.75, 3.05) is 5.32 Å². The van der Waals surface area contributed by atoms with Gasteiger partial charge in [0.25, 0.3) is 0 Å². The Balaban J connectivity index is 1.51. The number of benzene rings is 3. The van der Waals surface area contributed by atoms with Gasteiger partial charge in [-0.05, 0) is 35.4 Å². The van der Waals surface area contributed by atoms with Gasteiger partial charge in [-0.25, -0.2) is 0 Å². The second-order valence-corrected chi connectivity index (χ2v) is 5.51. The van der Waals surface area contributed by atoms with Crippen molar-refractivity contribution in [1.82, 2.24) is 0 Å². The van der Waals surface area contributed by atoms with Gasteiger partial charge in [-0.15, -0.1) is 0 Å². The van der Waals surface area contributed by atoms with E-state index in [2.05, 4.69) is 5.32 Å². The molecule has 1 N–H and O–H groups in total. The predicted octanol–water partition coefficient (Wildman–Crippen LogP) is 4.45. The predicted molar refractivity (Wildman–Crippen MR) is 96.0 cm³/mol. The first-order valence-electron chi connectivity index (χ1n) is 7.90. The molecule has 0 bridgehead atoms. The van der Waals surface area contributed by atoms with Gasteiger partial charge in [0, 0.05) is 5.69 Å². The number of hydrogen-bond acceptors (Lipinski definition) is 2. The average molecular weight is 317 g/mol. The Morgan fingerprint density at radius 2 is 1.38 bits per heavy atom. The summed E-state index contributed by atoms with van der Waals surface area (Å²) in [5, 5.41) is 2.88. The van der Waals surface area contributed by atoms with Crippen molar-refractivity contribution >= 4 is 11.6 Å². The summed E-state index contributed by atoms with van der Waals surface area (Å²) in [5.74, 6) is 0.769. The largest absolute Gasteiger partial charge is 0.489 e. The molecule has 0 aliphatic carbocycles. The summed E-state index contributed by atoms with van der Waals surface area (Å²) >= 11 is 0. The van der Waals surface area contributed by atoms with Gasteiger partial charge in [-0.3, -0.25) is 4.79 Å². The lowest BCUT2D eigenvalue weighted by atomic mass is 10.1. The van der Waals surface area contributed by atoms with E-state index >= 15 is 0 Å². The monoisotopic (exact) mass is 317 g/mol. The lowest BCUT2D eigenvalue weighted by molar-refractivity contribution is -0.115. The van der Waals surface area contributed by atoms with Crippen molar-refractivity contribution < 1.29 is 9.53 Å². The van der Waals surface area contributed by atoms with Crippen molar-refractivity contribution in [2.24, 2.45) is 0 Å². The van der Waals surface area contributed by atoms with Crippen LogP contribution in [0.25, 0.3) is 0 Å². The molecule has 0 aliphatic rings. The third kappa shape index (κ3) is 4.71. The molecule has 3 nitrogen and oxygen atoms in total. The molecule has 24 heavy (non-hydrogen) atoms. The van der Waals surface area contributed by atoms with E-state index in [1.54, 1.807) is 0 Å². The van der Waals surface area contributed by atoms with Gasteiger partial charge in [-0.2, -0.15) is 0 Å². The van der Waals surface area contributed by atoms with E-state index in [4.69, 9.17) is 4.74 Å². The molecule has 0 saturated heterocycles. The van der Waals surface area contributed by atoms with E-state index in [-0.39, 0.29) is 5.91 Å². The Morgan fingerprint density at radius 1 is 0.750 bits per heavy atom. The third-order valence-corrected chi connectivity index (χ3v) is 3.59. The molecule has 0 saturated carbocycles. The number of para-hydroxylation sites is 1. The topological polar surface area (TPSA) is 38.3 Å². The normalized spacial score (nSPS) is 10.2. The highest BCUT2D eigenvalue weighted by Gasteiger charge is 2.04. The van der Waals surface area contributed by atoms with Crippen LogP contribution in [0.1, 0.15) is 11.1 Å². The quantitative estimate of drug-likeness (QED) is 0.729. The van der Waals surface area contributed by atoms with Crippen LogP contribution in [0.4, 0.5) is 5.69 Å². The molecule has 1 amide bonds. The van der Waals surface area contributed by atoms with Crippen LogP contribution in [0.3, 0.4) is 0 Å². The molecular formula is C21H19NO2. The average Bonchev–Trinajstić information content (AvgIpc) is 2.63. The van der Waals surface area contributed by atoms with Gasteiger partial charge in [0.1, 0.15) is 12.4 Å². The van der Waals surface area contributed by atoms with E-state index in [9.17, 15) is 4.79 Å². The van der Waals surface area contributed by atoms with Gasteiger partial charge < -0.3 is 10.1 Å². The highest BCUT2D eigenvalue weighted by molar-refractivity contribution is 5.92. The SMILES string of the molecule is O=C(Cc1ccc(OCc2ccccc2)cc1)Nc1ccccc1. The molecular weight excluding hydrogens is 298 g/mol. The fourth-order valence-electron chi connectivity index (χ4n) is 2.36. The molecule has 0 unspecified atom stereocenters. The number of nitrogens with one attached hydrogen (secondary N) is 1. The van der Waals surface area contributed by atoms with E-state index in [1.165, 1.54) is 0 Å². The van der Waals surface area contributed by atoms with Crippen LogP contribution in [-0.2, 0) is 17.8 Å². The minimum Gasteiger partial charge on any atom is -0.489 e. The van der Waals surface area contributed by atoms with E-state index in [0.717, 1.165) is 22.6 Å². The van der Waals surface area contributed by atoms with Crippen molar-refractivity contribution in [1.29, 1.82) is 0 Å². The first-order valence-corrected chi connectivity index (χ1v) is 7.90. The molecule has 0 spiro atoms. The highest BCUT2D eigenvalue weighted by Crippen LogP contribution is 2.15. The molecule has 0 fully saturated rings.